The van der Waals surface area contributed by atoms with Crippen molar-refractivity contribution >= 4 is 0 Å². The lowest BCUT2D eigenvalue weighted by atomic mass is 9.99. The van der Waals surface area contributed by atoms with Crippen LogP contribution in [0, 0.1) is 0 Å². The topological polar surface area (TPSA) is 72.2 Å². The molecular formula is C24H38N6. The van der Waals surface area contributed by atoms with Crippen LogP contribution in [0.4, 0.5) is 0 Å². The maximum atomic E-state index is 3.53. The summed E-state index contributed by atoms with van der Waals surface area (Å²) in [5, 5.41) is 21.0. The summed E-state index contributed by atoms with van der Waals surface area (Å²) in [5.41, 5.74) is 5.38. The predicted molar refractivity (Wildman–Crippen MR) is 127 cm³/mol. The summed E-state index contributed by atoms with van der Waals surface area (Å²) in [6, 6.07) is 8.84. The van der Waals surface area contributed by atoms with Gasteiger partial charge in [0.25, 0.3) is 0 Å². The molecule has 1 aromatic carbocycles. The Bertz CT molecular complexity index is 705. The molecule has 1 aliphatic carbocycles. The minimum Gasteiger partial charge on any atom is -0.314 e. The van der Waals surface area contributed by atoms with E-state index in [0.29, 0.717) is 0 Å². The van der Waals surface area contributed by atoms with Gasteiger partial charge in [0, 0.05) is 78.5 Å². The lowest BCUT2D eigenvalue weighted by Gasteiger charge is -2.14. The molecule has 4 rings (SSSR count). The quantitative estimate of drug-likeness (QED) is 0.353. The molecule has 6 heteroatoms. The maximum absolute atomic E-state index is 3.53. The first-order chi connectivity index (χ1) is 14.9. The van der Waals surface area contributed by atoms with Crippen molar-refractivity contribution in [1.82, 2.24) is 31.9 Å². The molecule has 164 valence electrons. The van der Waals surface area contributed by atoms with Crippen LogP contribution in [-0.4, -0.2) is 65.4 Å². The van der Waals surface area contributed by atoms with Gasteiger partial charge in [-0.05, 0) is 22.3 Å². The van der Waals surface area contributed by atoms with Crippen LogP contribution in [0.2, 0.25) is 0 Å². The zero-order valence-corrected chi connectivity index (χ0v) is 18.1. The van der Waals surface area contributed by atoms with Crippen LogP contribution >= 0.6 is 0 Å². The molecule has 0 saturated carbocycles. The molecule has 0 aromatic heterocycles. The van der Waals surface area contributed by atoms with Gasteiger partial charge in [-0.15, -0.1) is 0 Å². The Morgan fingerprint density at radius 1 is 0.567 bits per heavy atom. The van der Waals surface area contributed by atoms with E-state index < -0.39 is 0 Å². The molecular weight excluding hydrogens is 372 g/mol. The van der Waals surface area contributed by atoms with E-state index in [2.05, 4.69) is 80.5 Å². The Hall–Kier alpha value is -1.80. The van der Waals surface area contributed by atoms with Gasteiger partial charge in [0.1, 0.15) is 0 Å². The minimum absolute atomic E-state index is 0.912. The zero-order valence-electron chi connectivity index (χ0n) is 18.1. The van der Waals surface area contributed by atoms with Gasteiger partial charge in [-0.3, -0.25) is 0 Å². The standard InChI is InChI=1S/C24H38N6/c1-3-22-17-23(4-1)19-29-13-10-27-11-14-30-20-24-15-21(16-24)5-2-6-25-7-8-26-9-12-28-18-22/h1-5,15-17,25-30H,6-14,18-20H2/b5-2-. The molecule has 6 nitrogen and oxygen atoms in total. The van der Waals surface area contributed by atoms with E-state index in [4.69, 9.17) is 0 Å². The van der Waals surface area contributed by atoms with Crippen LogP contribution in [0.1, 0.15) is 11.1 Å². The second-order valence-electron chi connectivity index (χ2n) is 7.82. The average molecular weight is 411 g/mol. The zero-order chi connectivity index (χ0) is 20.7. The van der Waals surface area contributed by atoms with Crippen molar-refractivity contribution in [2.45, 2.75) is 13.1 Å². The van der Waals surface area contributed by atoms with Gasteiger partial charge in [0.2, 0.25) is 0 Å². The first-order valence-electron chi connectivity index (χ1n) is 11.3. The first-order valence-corrected chi connectivity index (χ1v) is 11.3. The summed E-state index contributed by atoms with van der Waals surface area (Å²) in [5.74, 6) is 0. The third kappa shape index (κ3) is 9.34. The molecule has 0 saturated heterocycles. The van der Waals surface area contributed by atoms with Crippen LogP contribution in [0.25, 0.3) is 0 Å². The highest BCUT2D eigenvalue weighted by Crippen LogP contribution is 2.17. The van der Waals surface area contributed by atoms with E-state index in [-0.39, 0.29) is 0 Å². The van der Waals surface area contributed by atoms with Gasteiger partial charge in [-0.2, -0.15) is 0 Å². The van der Waals surface area contributed by atoms with E-state index in [9.17, 15) is 0 Å². The maximum Gasteiger partial charge on any atom is 0.0206 e. The lowest BCUT2D eigenvalue weighted by Crippen LogP contribution is -2.33. The number of allylic oxidation sites excluding steroid dienone is 3. The van der Waals surface area contributed by atoms with Crippen molar-refractivity contribution in [3.05, 3.63) is 70.8 Å². The van der Waals surface area contributed by atoms with E-state index in [1.165, 1.54) is 22.3 Å². The van der Waals surface area contributed by atoms with Gasteiger partial charge < -0.3 is 31.9 Å². The summed E-state index contributed by atoms with van der Waals surface area (Å²) in [4.78, 5) is 0. The number of nitrogens with one attached hydrogen (secondary N) is 6. The molecule has 0 amide bonds. The molecule has 2 aliphatic heterocycles. The fraction of sp³-hybridized carbons (Fsp3) is 0.500. The van der Waals surface area contributed by atoms with Crippen LogP contribution in [-0.2, 0) is 13.1 Å². The number of rotatable bonds is 0. The van der Waals surface area contributed by atoms with Crippen LogP contribution in [0.15, 0.2) is 59.7 Å². The molecule has 0 spiro atoms. The van der Waals surface area contributed by atoms with Gasteiger partial charge in [0.15, 0.2) is 0 Å². The fourth-order valence-corrected chi connectivity index (χ4v) is 3.50. The summed E-state index contributed by atoms with van der Waals surface area (Å²) in [6.45, 7) is 11.6. The van der Waals surface area contributed by atoms with Crippen molar-refractivity contribution in [1.29, 1.82) is 0 Å². The number of fused-ring (bicyclic) bond motifs is 17. The number of hydrogen-bond donors (Lipinski definition) is 6. The predicted octanol–water partition coefficient (Wildman–Crippen LogP) is 0.660. The molecule has 0 fully saturated rings. The second kappa shape index (κ2) is 14.2. The third-order valence-electron chi connectivity index (χ3n) is 5.17. The van der Waals surface area contributed by atoms with E-state index in [1.807, 2.05) is 0 Å². The molecule has 6 N–H and O–H groups in total. The SMILES string of the molecule is C1=C2C=C1CNCCNCCNCc1cccc(c1)CNCCNCCNC/C=C\2. The molecule has 2 heterocycles. The van der Waals surface area contributed by atoms with Crippen molar-refractivity contribution < 1.29 is 0 Å². The molecule has 30 heavy (non-hydrogen) atoms. The number of benzene rings is 1. The Labute approximate surface area is 181 Å². The highest BCUT2D eigenvalue weighted by molar-refractivity contribution is 5.50. The monoisotopic (exact) mass is 410 g/mol. The van der Waals surface area contributed by atoms with Crippen LogP contribution in [0.5, 0.6) is 0 Å². The summed E-state index contributed by atoms with van der Waals surface area (Å²) >= 11 is 0. The Morgan fingerprint density at radius 3 is 1.73 bits per heavy atom. The molecule has 0 unspecified atom stereocenters. The summed E-state index contributed by atoms with van der Waals surface area (Å²) in [7, 11) is 0. The van der Waals surface area contributed by atoms with Crippen LogP contribution < -0.4 is 31.9 Å². The van der Waals surface area contributed by atoms with Crippen molar-refractivity contribution in [3.63, 3.8) is 0 Å². The minimum atomic E-state index is 0.912. The molecule has 0 atom stereocenters. The molecule has 4 bridgehead atoms. The molecule has 3 aliphatic rings. The van der Waals surface area contributed by atoms with Gasteiger partial charge in [-0.1, -0.05) is 48.6 Å². The summed E-state index contributed by atoms with van der Waals surface area (Å²) < 4.78 is 0. The smallest absolute Gasteiger partial charge is 0.0206 e. The fourth-order valence-electron chi connectivity index (χ4n) is 3.50. The third-order valence-corrected chi connectivity index (χ3v) is 5.17. The van der Waals surface area contributed by atoms with Crippen molar-refractivity contribution in [2.75, 3.05) is 65.4 Å². The Balaban J connectivity index is 1.38. The Kier molecular flexibility index (Phi) is 10.9. The van der Waals surface area contributed by atoms with Crippen molar-refractivity contribution in [2.24, 2.45) is 0 Å². The second-order valence-corrected chi connectivity index (χ2v) is 7.82. The summed E-state index contributed by atoms with van der Waals surface area (Å²) in [6.07, 6.45) is 8.91. The first kappa shape index (κ1) is 22.9. The van der Waals surface area contributed by atoms with Gasteiger partial charge in [-0.25, -0.2) is 0 Å². The van der Waals surface area contributed by atoms with E-state index in [0.717, 1.165) is 78.5 Å². The largest absolute Gasteiger partial charge is 0.314 e. The molecule has 1 aromatic rings. The normalized spacial score (nSPS) is 22.3. The highest BCUT2D eigenvalue weighted by Gasteiger charge is 2.04. The lowest BCUT2D eigenvalue weighted by molar-refractivity contribution is 0.588. The molecule has 0 radical (unpaired) electrons. The van der Waals surface area contributed by atoms with Gasteiger partial charge in [0.05, 0.1) is 0 Å². The Morgan fingerprint density at radius 2 is 1.10 bits per heavy atom. The van der Waals surface area contributed by atoms with Crippen LogP contribution in [0.3, 0.4) is 0 Å². The van der Waals surface area contributed by atoms with Crippen molar-refractivity contribution in [3.8, 4) is 0 Å². The van der Waals surface area contributed by atoms with E-state index in [1.54, 1.807) is 0 Å². The van der Waals surface area contributed by atoms with E-state index >= 15 is 0 Å². The van der Waals surface area contributed by atoms with Gasteiger partial charge >= 0.3 is 0 Å². The highest BCUT2D eigenvalue weighted by atomic mass is 15.0. The number of hydrogen-bond acceptors (Lipinski definition) is 6. The average Bonchev–Trinajstić information content (AvgIpc) is 2.73.